The highest BCUT2D eigenvalue weighted by Gasteiger charge is 2.34. The van der Waals surface area contributed by atoms with Crippen LogP contribution in [0, 0.1) is 5.82 Å². The van der Waals surface area contributed by atoms with Gasteiger partial charge in [-0.05, 0) is 62.0 Å². The summed E-state index contributed by atoms with van der Waals surface area (Å²) in [5, 5.41) is 7.31. The Morgan fingerprint density at radius 3 is 2.21 bits per heavy atom. The van der Waals surface area contributed by atoms with E-state index in [0.717, 1.165) is 0 Å². The molecule has 0 bridgehead atoms. The number of nitrogens with zero attached hydrogens (tertiary/aromatic N) is 1. The minimum absolute atomic E-state index is 0.333. The van der Waals surface area contributed by atoms with E-state index >= 15 is 0 Å². The minimum atomic E-state index is -1.03. The number of amides is 3. The van der Waals surface area contributed by atoms with E-state index in [9.17, 15) is 18.8 Å². The Balaban J connectivity index is 1.98. The molecule has 1 aromatic heterocycles. The van der Waals surface area contributed by atoms with Gasteiger partial charge in [0.15, 0.2) is 0 Å². The quantitative estimate of drug-likeness (QED) is 0.544. The molecule has 0 fully saturated rings. The van der Waals surface area contributed by atoms with Crippen molar-refractivity contribution in [1.82, 2.24) is 10.6 Å². The standard InChI is InChI=1S/C25H26FN3O3S/c1-25(2,3)28-24(32)22(17-8-5-4-6-9-17)29(19-13-11-18(26)12-14-19)21(30)16-27-23(31)20-10-7-15-33-20/h4-15,22H,16H2,1-3H3,(H,27,31)(H,28,32)/t22-/m0/s1. The van der Waals surface area contributed by atoms with Crippen LogP contribution in [0.4, 0.5) is 10.1 Å². The molecule has 172 valence electrons. The maximum atomic E-state index is 13.6. The Morgan fingerprint density at radius 1 is 0.970 bits per heavy atom. The fourth-order valence-corrected chi connectivity index (χ4v) is 3.91. The zero-order valence-corrected chi connectivity index (χ0v) is 19.5. The van der Waals surface area contributed by atoms with E-state index in [2.05, 4.69) is 10.6 Å². The summed E-state index contributed by atoms with van der Waals surface area (Å²) in [5.74, 6) is -1.75. The monoisotopic (exact) mass is 467 g/mol. The summed E-state index contributed by atoms with van der Waals surface area (Å²) >= 11 is 1.26. The molecule has 0 unspecified atom stereocenters. The van der Waals surface area contributed by atoms with Crippen molar-refractivity contribution in [2.45, 2.75) is 32.4 Å². The molecule has 0 saturated carbocycles. The number of carbonyl (C=O) groups excluding carboxylic acids is 3. The number of halogens is 1. The molecule has 0 aliphatic carbocycles. The second kappa shape index (κ2) is 10.4. The van der Waals surface area contributed by atoms with Crippen LogP contribution in [0.5, 0.6) is 0 Å². The summed E-state index contributed by atoms with van der Waals surface area (Å²) < 4.78 is 13.6. The van der Waals surface area contributed by atoms with Crippen LogP contribution < -0.4 is 15.5 Å². The third-order valence-electron chi connectivity index (χ3n) is 4.64. The van der Waals surface area contributed by atoms with Crippen LogP contribution in [0.15, 0.2) is 72.1 Å². The third kappa shape index (κ3) is 6.49. The predicted molar refractivity (Wildman–Crippen MR) is 128 cm³/mol. The molecule has 0 aliphatic heterocycles. The highest BCUT2D eigenvalue weighted by atomic mass is 32.1. The summed E-state index contributed by atoms with van der Waals surface area (Å²) in [4.78, 5) is 41.0. The maximum Gasteiger partial charge on any atom is 0.261 e. The number of hydrogen-bond acceptors (Lipinski definition) is 4. The number of anilines is 1. The highest BCUT2D eigenvalue weighted by molar-refractivity contribution is 7.12. The van der Waals surface area contributed by atoms with Crippen LogP contribution in [-0.4, -0.2) is 29.8 Å². The van der Waals surface area contributed by atoms with Crippen LogP contribution in [0.25, 0.3) is 0 Å². The fourth-order valence-electron chi connectivity index (χ4n) is 3.27. The van der Waals surface area contributed by atoms with Crippen molar-refractivity contribution in [3.63, 3.8) is 0 Å². The van der Waals surface area contributed by atoms with E-state index in [4.69, 9.17) is 0 Å². The van der Waals surface area contributed by atoms with Crippen molar-refractivity contribution in [3.8, 4) is 0 Å². The van der Waals surface area contributed by atoms with Crippen LogP contribution >= 0.6 is 11.3 Å². The third-order valence-corrected chi connectivity index (χ3v) is 5.51. The molecule has 6 nitrogen and oxygen atoms in total. The van der Waals surface area contributed by atoms with E-state index in [1.165, 1.54) is 40.5 Å². The van der Waals surface area contributed by atoms with Gasteiger partial charge in [-0.1, -0.05) is 36.4 Å². The smallest absolute Gasteiger partial charge is 0.261 e. The summed E-state index contributed by atoms with van der Waals surface area (Å²) in [7, 11) is 0. The lowest BCUT2D eigenvalue weighted by molar-refractivity contribution is -0.127. The number of carbonyl (C=O) groups is 3. The average Bonchev–Trinajstić information content (AvgIpc) is 3.31. The van der Waals surface area contributed by atoms with Gasteiger partial charge in [0.2, 0.25) is 11.8 Å². The van der Waals surface area contributed by atoms with E-state index in [-0.39, 0.29) is 12.5 Å². The van der Waals surface area contributed by atoms with Crippen molar-refractivity contribution in [2.24, 2.45) is 0 Å². The number of rotatable bonds is 7. The van der Waals surface area contributed by atoms with Gasteiger partial charge in [-0.25, -0.2) is 4.39 Å². The van der Waals surface area contributed by atoms with E-state index in [1.807, 2.05) is 26.8 Å². The van der Waals surface area contributed by atoms with E-state index in [1.54, 1.807) is 41.8 Å². The van der Waals surface area contributed by atoms with E-state index < -0.39 is 29.2 Å². The molecular weight excluding hydrogens is 441 g/mol. The van der Waals surface area contributed by atoms with Gasteiger partial charge in [0, 0.05) is 11.2 Å². The summed E-state index contributed by atoms with van der Waals surface area (Å²) in [5.41, 5.74) is 0.376. The molecule has 0 aliphatic rings. The van der Waals surface area contributed by atoms with Gasteiger partial charge >= 0.3 is 0 Å². The van der Waals surface area contributed by atoms with E-state index in [0.29, 0.717) is 16.1 Å². The summed E-state index contributed by atoms with van der Waals surface area (Å²) in [6, 6.07) is 16.6. The summed E-state index contributed by atoms with van der Waals surface area (Å²) in [6.07, 6.45) is 0. The van der Waals surface area contributed by atoms with Crippen molar-refractivity contribution in [3.05, 3.63) is 88.4 Å². The largest absolute Gasteiger partial charge is 0.349 e. The van der Waals surface area contributed by atoms with Crippen molar-refractivity contribution in [2.75, 3.05) is 11.4 Å². The van der Waals surface area contributed by atoms with Gasteiger partial charge in [0.1, 0.15) is 11.9 Å². The Labute approximate surface area is 196 Å². The van der Waals surface area contributed by atoms with Gasteiger partial charge in [-0.2, -0.15) is 0 Å². The molecule has 2 aromatic carbocycles. The van der Waals surface area contributed by atoms with Crippen molar-refractivity contribution in [1.29, 1.82) is 0 Å². The Morgan fingerprint density at radius 2 is 1.64 bits per heavy atom. The predicted octanol–water partition coefficient (Wildman–Crippen LogP) is 4.31. The zero-order chi connectivity index (χ0) is 24.0. The first kappa shape index (κ1) is 24.1. The van der Waals surface area contributed by atoms with Gasteiger partial charge in [0.25, 0.3) is 5.91 Å². The van der Waals surface area contributed by atoms with Crippen LogP contribution in [0.2, 0.25) is 0 Å². The second-order valence-electron chi connectivity index (χ2n) is 8.45. The molecule has 33 heavy (non-hydrogen) atoms. The highest BCUT2D eigenvalue weighted by Crippen LogP contribution is 2.29. The Kier molecular flexibility index (Phi) is 7.60. The van der Waals surface area contributed by atoms with Crippen molar-refractivity contribution >= 4 is 34.7 Å². The second-order valence-corrected chi connectivity index (χ2v) is 9.40. The first-order chi connectivity index (χ1) is 15.7. The van der Waals surface area contributed by atoms with Crippen molar-refractivity contribution < 1.29 is 18.8 Å². The maximum absolute atomic E-state index is 13.6. The zero-order valence-electron chi connectivity index (χ0n) is 18.7. The van der Waals surface area contributed by atoms with Gasteiger partial charge < -0.3 is 10.6 Å². The number of thiophene rings is 1. The lowest BCUT2D eigenvalue weighted by Crippen LogP contribution is -2.51. The molecule has 1 atom stereocenters. The summed E-state index contributed by atoms with van der Waals surface area (Å²) in [6.45, 7) is 5.20. The molecule has 3 amide bonds. The van der Waals surface area contributed by atoms with Gasteiger partial charge in [-0.3, -0.25) is 19.3 Å². The SMILES string of the molecule is CC(C)(C)NC(=O)[C@H](c1ccccc1)N(C(=O)CNC(=O)c1cccs1)c1ccc(F)cc1. The molecule has 1 heterocycles. The molecule has 0 spiro atoms. The number of benzene rings is 2. The van der Waals surface area contributed by atoms with Crippen LogP contribution in [-0.2, 0) is 9.59 Å². The number of nitrogens with one attached hydrogen (secondary N) is 2. The lowest BCUT2D eigenvalue weighted by Gasteiger charge is -2.34. The molecule has 3 rings (SSSR count). The first-order valence-electron chi connectivity index (χ1n) is 10.4. The minimum Gasteiger partial charge on any atom is -0.349 e. The topological polar surface area (TPSA) is 78.5 Å². The number of hydrogen-bond donors (Lipinski definition) is 2. The molecule has 2 N–H and O–H groups in total. The van der Waals surface area contributed by atoms with Gasteiger partial charge in [0.05, 0.1) is 11.4 Å². The molecular formula is C25H26FN3O3S. The molecule has 3 aromatic rings. The Hall–Kier alpha value is -3.52. The first-order valence-corrected chi connectivity index (χ1v) is 11.3. The molecule has 0 radical (unpaired) electrons. The Bertz CT molecular complexity index is 1090. The van der Waals surface area contributed by atoms with Gasteiger partial charge in [-0.15, -0.1) is 11.3 Å². The lowest BCUT2D eigenvalue weighted by atomic mass is 10.0. The van der Waals surface area contributed by atoms with Crippen LogP contribution in [0.3, 0.4) is 0 Å². The molecule has 0 saturated heterocycles. The normalized spacial score (nSPS) is 12.0. The van der Waals surface area contributed by atoms with Crippen LogP contribution in [0.1, 0.15) is 42.0 Å². The molecule has 8 heteroatoms. The average molecular weight is 468 g/mol. The fraction of sp³-hybridized carbons (Fsp3) is 0.240.